The molecule has 0 fully saturated rings. The summed E-state index contributed by atoms with van der Waals surface area (Å²) in [6, 6.07) is 62.4. The van der Waals surface area contributed by atoms with Crippen molar-refractivity contribution in [2.45, 2.75) is 10.3 Å². The second kappa shape index (κ2) is 11.4. The van der Waals surface area contributed by atoms with Crippen molar-refractivity contribution in [3.8, 4) is 27.9 Å². The first-order valence-electron chi connectivity index (χ1n) is 17.4. The molecule has 4 heteroatoms. The minimum Gasteiger partial charge on any atom is -0.368 e. The van der Waals surface area contributed by atoms with Crippen LogP contribution in [0, 0.1) is 0 Å². The van der Waals surface area contributed by atoms with Crippen molar-refractivity contribution in [1.29, 1.82) is 0 Å². The van der Waals surface area contributed by atoms with Gasteiger partial charge < -0.3 is 9.88 Å². The Morgan fingerprint density at radius 2 is 1.20 bits per heavy atom. The van der Waals surface area contributed by atoms with Gasteiger partial charge in [0.05, 0.1) is 16.7 Å². The molecule has 8 aromatic carbocycles. The van der Waals surface area contributed by atoms with Crippen molar-refractivity contribution < 1.29 is 0 Å². The predicted molar refractivity (Wildman–Crippen MR) is 221 cm³/mol. The van der Waals surface area contributed by atoms with Gasteiger partial charge in [-0.2, -0.15) is 0 Å². The Hall–Kier alpha value is -5.81. The summed E-state index contributed by atoms with van der Waals surface area (Å²) in [7, 11) is 0. The zero-order valence-corrected chi connectivity index (χ0v) is 29.1. The first-order chi connectivity index (χ1) is 25.3. The Kier molecular flexibility index (Phi) is 6.45. The van der Waals surface area contributed by atoms with Gasteiger partial charge in [-0.15, -0.1) is 11.3 Å². The maximum absolute atomic E-state index is 3.92. The minimum atomic E-state index is 0.152. The minimum absolute atomic E-state index is 0.152. The van der Waals surface area contributed by atoms with E-state index >= 15 is 0 Å². The Balaban J connectivity index is 1.08. The third-order valence-corrected chi connectivity index (χ3v) is 12.8. The monoisotopic (exact) mass is 686 g/mol. The molecule has 51 heavy (non-hydrogen) atoms. The van der Waals surface area contributed by atoms with Crippen LogP contribution in [-0.4, -0.2) is 4.57 Å². The number of thioether (sulfide) groups is 1. The van der Waals surface area contributed by atoms with Gasteiger partial charge in [-0.3, -0.25) is 0 Å². The molecule has 1 atom stereocenters. The SMILES string of the molecule is c1ccc(-c2ccc3c(c2)c2cc(-c4ccccc4)c4ccccc4c2n3-c2ccc(C3Nc4c(ccc5sc6ccccc6c45)S3)cc2)cc1. The fraction of sp³-hybridized carbons (Fsp3) is 0.0213. The van der Waals surface area contributed by atoms with Crippen LogP contribution >= 0.6 is 23.1 Å². The van der Waals surface area contributed by atoms with Gasteiger partial charge >= 0.3 is 0 Å². The number of thiophene rings is 1. The summed E-state index contributed by atoms with van der Waals surface area (Å²) in [6.07, 6.45) is 0. The van der Waals surface area contributed by atoms with Crippen molar-refractivity contribution in [2.75, 3.05) is 5.32 Å². The molecule has 1 aliphatic heterocycles. The highest BCUT2D eigenvalue weighted by molar-refractivity contribution is 8.00. The summed E-state index contributed by atoms with van der Waals surface area (Å²) in [4.78, 5) is 1.32. The third-order valence-electron chi connectivity index (χ3n) is 10.4. The fourth-order valence-electron chi connectivity index (χ4n) is 8.08. The molecule has 0 saturated carbocycles. The van der Waals surface area contributed by atoms with Crippen molar-refractivity contribution in [1.82, 2.24) is 4.57 Å². The number of aromatic nitrogens is 1. The number of hydrogen-bond acceptors (Lipinski definition) is 3. The van der Waals surface area contributed by atoms with E-state index < -0.39 is 0 Å². The molecule has 0 aliphatic carbocycles. The van der Waals surface area contributed by atoms with Crippen molar-refractivity contribution >= 4 is 81.5 Å². The lowest BCUT2D eigenvalue weighted by Crippen LogP contribution is -2.02. The van der Waals surface area contributed by atoms with Crippen LogP contribution in [0.4, 0.5) is 5.69 Å². The van der Waals surface area contributed by atoms with E-state index in [0.29, 0.717) is 0 Å². The zero-order chi connectivity index (χ0) is 33.5. The summed E-state index contributed by atoms with van der Waals surface area (Å²) < 4.78 is 5.15. The van der Waals surface area contributed by atoms with Gasteiger partial charge in [-0.25, -0.2) is 0 Å². The van der Waals surface area contributed by atoms with E-state index in [0.717, 1.165) is 5.69 Å². The van der Waals surface area contributed by atoms with Crippen LogP contribution < -0.4 is 5.32 Å². The highest BCUT2D eigenvalue weighted by Gasteiger charge is 2.27. The molecular weight excluding hydrogens is 657 g/mol. The quantitative estimate of drug-likeness (QED) is 0.198. The highest BCUT2D eigenvalue weighted by Crippen LogP contribution is 2.52. The summed E-state index contributed by atoms with van der Waals surface area (Å²) in [5.41, 5.74) is 11.1. The van der Waals surface area contributed by atoms with Crippen LogP contribution in [0.2, 0.25) is 0 Å². The molecule has 0 saturated heterocycles. The van der Waals surface area contributed by atoms with E-state index in [1.807, 2.05) is 23.1 Å². The first kappa shape index (κ1) is 29.0. The van der Waals surface area contributed by atoms with Gasteiger partial charge in [-0.1, -0.05) is 133 Å². The average Bonchev–Trinajstić information content (AvgIpc) is 3.90. The average molecular weight is 687 g/mol. The lowest BCUT2D eigenvalue weighted by Gasteiger charge is -2.15. The van der Waals surface area contributed by atoms with E-state index in [2.05, 4.69) is 180 Å². The van der Waals surface area contributed by atoms with Crippen LogP contribution in [-0.2, 0) is 0 Å². The normalized spacial score (nSPS) is 14.2. The van der Waals surface area contributed by atoms with Gasteiger partial charge in [0.1, 0.15) is 5.37 Å². The van der Waals surface area contributed by atoms with E-state index in [1.54, 1.807) is 0 Å². The number of nitrogens with zero attached hydrogens (tertiary/aromatic N) is 1. The number of anilines is 1. The molecule has 0 spiro atoms. The van der Waals surface area contributed by atoms with Crippen molar-refractivity contribution in [2.24, 2.45) is 0 Å². The van der Waals surface area contributed by atoms with Crippen LogP contribution in [0.25, 0.3) is 80.7 Å². The molecule has 1 unspecified atom stereocenters. The molecule has 3 heterocycles. The second-order valence-electron chi connectivity index (χ2n) is 13.3. The van der Waals surface area contributed by atoms with Crippen molar-refractivity contribution in [3.05, 3.63) is 175 Å². The van der Waals surface area contributed by atoms with E-state index in [9.17, 15) is 0 Å². The molecule has 0 radical (unpaired) electrons. The Bertz CT molecular complexity index is 2960. The van der Waals surface area contributed by atoms with Gasteiger partial charge in [0.25, 0.3) is 0 Å². The molecule has 1 N–H and O–H groups in total. The smallest absolute Gasteiger partial charge is 0.103 e. The van der Waals surface area contributed by atoms with Crippen LogP contribution in [0.3, 0.4) is 0 Å². The predicted octanol–water partition coefficient (Wildman–Crippen LogP) is 13.9. The molecule has 2 aromatic heterocycles. The van der Waals surface area contributed by atoms with E-state index in [1.165, 1.54) is 91.2 Å². The molecule has 11 rings (SSSR count). The van der Waals surface area contributed by atoms with Gasteiger partial charge in [0, 0.05) is 46.9 Å². The third kappa shape index (κ3) is 4.50. The maximum Gasteiger partial charge on any atom is 0.103 e. The largest absolute Gasteiger partial charge is 0.368 e. The first-order valence-corrected chi connectivity index (χ1v) is 19.1. The van der Waals surface area contributed by atoms with Crippen molar-refractivity contribution in [3.63, 3.8) is 0 Å². The molecule has 10 aromatic rings. The maximum atomic E-state index is 3.92. The van der Waals surface area contributed by atoms with Crippen LogP contribution in [0.15, 0.2) is 175 Å². The van der Waals surface area contributed by atoms with Gasteiger partial charge in [0.2, 0.25) is 0 Å². The number of hydrogen-bond donors (Lipinski definition) is 1. The number of nitrogens with one attached hydrogen (secondary N) is 1. The molecule has 0 bridgehead atoms. The number of benzene rings is 8. The van der Waals surface area contributed by atoms with Gasteiger partial charge in [-0.05, 0) is 81.7 Å². The van der Waals surface area contributed by atoms with E-state index in [4.69, 9.17) is 0 Å². The standard InChI is InChI=1S/C47H30N2S2/c1-3-11-29(12-4-1)32-21-24-40-38(27-32)39-28-37(30-13-5-2-6-14-30)34-15-7-8-16-35(34)46(39)49(40)33-22-19-31(20-23-33)47-48-45-43(51-47)26-25-42-44(45)36-17-9-10-18-41(36)50-42/h1-28,47-48H. The van der Waals surface area contributed by atoms with Crippen LogP contribution in [0.1, 0.15) is 10.9 Å². The summed E-state index contributed by atoms with van der Waals surface area (Å²) in [6.45, 7) is 0. The topological polar surface area (TPSA) is 17.0 Å². The summed E-state index contributed by atoms with van der Waals surface area (Å²) in [5, 5.41) is 11.8. The summed E-state index contributed by atoms with van der Waals surface area (Å²) in [5.74, 6) is 0. The Morgan fingerprint density at radius 3 is 2.00 bits per heavy atom. The Labute approximate surface area is 303 Å². The zero-order valence-electron chi connectivity index (χ0n) is 27.5. The molecule has 0 amide bonds. The molecule has 1 aliphatic rings. The van der Waals surface area contributed by atoms with Crippen LogP contribution in [0.5, 0.6) is 0 Å². The molecular formula is C47H30N2S2. The molecule has 2 nitrogen and oxygen atoms in total. The lowest BCUT2D eigenvalue weighted by molar-refractivity contribution is 1.12. The fourth-order valence-corrected chi connectivity index (χ4v) is 10.3. The summed E-state index contributed by atoms with van der Waals surface area (Å²) >= 11 is 3.79. The highest BCUT2D eigenvalue weighted by atomic mass is 32.2. The second-order valence-corrected chi connectivity index (χ2v) is 15.5. The number of rotatable bonds is 4. The van der Waals surface area contributed by atoms with E-state index in [-0.39, 0.29) is 5.37 Å². The lowest BCUT2D eigenvalue weighted by atomic mass is 9.94. The Morgan fingerprint density at radius 1 is 0.490 bits per heavy atom. The van der Waals surface area contributed by atoms with Gasteiger partial charge in [0.15, 0.2) is 0 Å². The number of fused-ring (bicyclic) bond motifs is 10. The molecule has 240 valence electrons.